The van der Waals surface area contributed by atoms with Crippen LogP contribution in [0.2, 0.25) is 0 Å². The molecule has 1 aromatic carbocycles. The van der Waals surface area contributed by atoms with Crippen LogP contribution in [-0.4, -0.2) is 31.4 Å². The zero-order chi connectivity index (χ0) is 25.9. The molecule has 4 rings (SSSR count). The van der Waals surface area contributed by atoms with Crippen molar-refractivity contribution >= 4 is 5.97 Å². The number of hydrogen-bond donors (Lipinski definition) is 0. The third-order valence-electron chi connectivity index (χ3n) is 9.10. The van der Waals surface area contributed by atoms with Crippen LogP contribution in [0.5, 0.6) is 5.75 Å². The summed E-state index contributed by atoms with van der Waals surface area (Å²) in [6.45, 7) is 7.86. The Bertz CT molecular complexity index is 766. The van der Waals surface area contributed by atoms with E-state index < -0.39 is 0 Å². The Balaban J connectivity index is 0.991. The average molecular weight is 511 g/mol. The first-order chi connectivity index (χ1) is 18.1. The minimum Gasteiger partial charge on any atom is -0.494 e. The number of rotatable bonds is 12. The molecular formula is C33H50O4. The highest BCUT2D eigenvalue weighted by Crippen LogP contribution is 2.40. The predicted molar refractivity (Wildman–Crippen MR) is 149 cm³/mol. The Morgan fingerprint density at radius 2 is 1.35 bits per heavy atom. The van der Waals surface area contributed by atoms with E-state index in [1.165, 1.54) is 62.8 Å². The number of unbranched alkanes of at least 4 members (excludes halogenated alkanes) is 3. The standard InChI is InChI=1S/C33H50O4/c1-25-7-11-29(12-8-25)33(34)37-32-21-15-28(16-22-32)27-13-19-31(20-14-27)36-24-6-4-3-5-23-35-30-17-9-26(2)10-18-30/h9-10,17-18,27-29,31-32H,1,3-8,11-16,19-24H2,2H3. The lowest BCUT2D eigenvalue weighted by Crippen LogP contribution is -2.33. The highest BCUT2D eigenvalue weighted by atomic mass is 16.5. The van der Waals surface area contributed by atoms with Crippen molar-refractivity contribution in [3.8, 4) is 5.75 Å². The lowest BCUT2D eigenvalue weighted by atomic mass is 9.72. The van der Waals surface area contributed by atoms with E-state index in [4.69, 9.17) is 14.2 Å². The SMILES string of the molecule is [CH2-][C+]1CCC(C(=O)OC2CCC(C3CCC(OCCCCCCOc4ccc(C)cc4)CC3)CC2)CC1. The fourth-order valence-electron chi connectivity index (χ4n) is 6.56. The summed E-state index contributed by atoms with van der Waals surface area (Å²) in [5.74, 6) is 4.09. The normalized spacial score (nSPS) is 27.1. The minimum atomic E-state index is 0.0594. The topological polar surface area (TPSA) is 44.8 Å². The largest absolute Gasteiger partial charge is 0.494 e. The van der Waals surface area contributed by atoms with E-state index in [-0.39, 0.29) is 18.0 Å². The molecule has 0 spiro atoms. The summed E-state index contributed by atoms with van der Waals surface area (Å²) in [5.41, 5.74) is 1.27. The molecular weight excluding hydrogens is 460 g/mol. The van der Waals surface area contributed by atoms with Crippen LogP contribution in [0.25, 0.3) is 0 Å². The molecule has 0 aromatic heterocycles. The summed E-state index contributed by atoms with van der Waals surface area (Å²) in [4.78, 5) is 12.6. The summed E-state index contributed by atoms with van der Waals surface area (Å²) in [5, 5.41) is 0. The van der Waals surface area contributed by atoms with Crippen molar-refractivity contribution in [3.05, 3.63) is 42.7 Å². The summed E-state index contributed by atoms with van der Waals surface area (Å²) >= 11 is 0. The van der Waals surface area contributed by atoms with Crippen molar-refractivity contribution in [3.63, 3.8) is 0 Å². The van der Waals surface area contributed by atoms with Crippen LogP contribution in [0.1, 0.15) is 108 Å². The number of esters is 1. The molecule has 0 bridgehead atoms. The summed E-state index contributed by atoms with van der Waals surface area (Å²) in [6.07, 6.45) is 18.8. The molecule has 0 N–H and O–H groups in total. The second-order valence-corrected chi connectivity index (χ2v) is 12.0. The van der Waals surface area contributed by atoms with Gasteiger partial charge in [0.05, 0.1) is 31.5 Å². The Kier molecular flexibility index (Phi) is 11.5. The van der Waals surface area contributed by atoms with Gasteiger partial charge < -0.3 is 14.2 Å². The van der Waals surface area contributed by atoms with Crippen LogP contribution in [0.3, 0.4) is 0 Å². The maximum Gasteiger partial charge on any atom is 0.309 e. The molecule has 3 aliphatic carbocycles. The van der Waals surface area contributed by atoms with Gasteiger partial charge in [-0.15, -0.1) is 6.92 Å². The highest BCUT2D eigenvalue weighted by Gasteiger charge is 2.34. The number of carbonyl (C=O) groups is 1. The third kappa shape index (κ3) is 9.53. The summed E-state index contributed by atoms with van der Waals surface area (Å²) in [7, 11) is 0. The molecule has 3 aliphatic rings. The molecule has 0 amide bonds. The zero-order valence-corrected chi connectivity index (χ0v) is 23.3. The van der Waals surface area contributed by atoms with Gasteiger partial charge in [-0.25, -0.2) is 0 Å². The molecule has 0 saturated heterocycles. The quantitative estimate of drug-likeness (QED) is 0.161. The zero-order valence-electron chi connectivity index (χ0n) is 23.3. The van der Waals surface area contributed by atoms with Crippen LogP contribution < -0.4 is 4.74 Å². The number of hydrogen-bond acceptors (Lipinski definition) is 4. The van der Waals surface area contributed by atoms with Gasteiger partial charge in [-0.3, -0.25) is 4.79 Å². The monoisotopic (exact) mass is 510 g/mol. The molecule has 4 nitrogen and oxygen atoms in total. The van der Waals surface area contributed by atoms with Crippen LogP contribution in [0, 0.1) is 37.5 Å². The van der Waals surface area contributed by atoms with Crippen molar-refractivity contribution in [2.75, 3.05) is 13.2 Å². The Labute approximate surface area is 226 Å². The van der Waals surface area contributed by atoms with Crippen LogP contribution in [0.15, 0.2) is 24.3 Å². The van der Waals surface area contributed by atoms with E-state index in [9.17, 15) is 4.79 Å². The average Bonchev–Trinajstić information content (AvgIpc) is 2.92. The number of ether oxygens (including phenoxy) is 3. The maximum absolute atomic E-state index is 12.6. The Hall–Kier alpha value is -1.68. The fraction of sp³-hybridized carbons (Fsp3) is 0.727. The van der Waals surface area contributed by atoms with Gasteiger partial charge >= 0.3 is 5.97 Å². The lowest BCUT2D eigenvalue weighted by Gasteiger charge is -2.37. The molecule has 0 unspecified atom stereocenters. The molecule has 1 aromatic rings. The van der Waals surface area contributed by atoms with E-state index in [2.05, 4.69) is 38.1 Å². The molecule has 4 heteroatoms. The van der Waals surface area contributed by atoms with Crippen molar-refractivity contribution in [1.82, 2.24) is 0 Å². The molecule has 0 atom stereocenters. The Morgan fingerprint density at radius 3 is 1.97 bits per heavy atom. The van der Waals surface area contributed by atoms with Gasteiger partial charge in [0, 0.05) is 6.61 Å². The van der Waals surface area contributed by atoms with Crippen molar-refractivity contribution in [2.24, 2.45) is 17.8 Å². The lowest BCUT2D eigenvalue weighted by molar-refractivity contribution is -0.157. The van der Waals surface area contributed by atoms with Crippen LogP contribution in [0.4, 0.5) is 0 Å². The van der Waals surface area contributed by atoms with Gasteiger partial charge in [-0.2, -0.15) is 0 Å². The van der Waals surface area contributed by atoms with Gasteiger partial charge in [0.1, 0.15) is 11.9 Å². The third-order valence-corrected chi connectivity index (χ3v) is 9.10. The van der Waals surface area contributed by atoms with Crippen molar-refractivity contribution in [2.45, 2.75) is 122 Å². The van der Waals surface area contributed by atoms with Gasteiger partial charge in [-0.1, -0.05) is 30.0 Å². The fourth-order valence-corrected chi connectivity index (χ4v) is 6.56. The summed E-state index contributed by atoms with van der Waals surface area (Å²) < 4.78 is 18.0. The number of carbonyl (C=O) groups excluding carboxylic acids is 1. The second kappa shape index (κ2) is 15.0. The Morgan fingerprint density at radius 1 is 0.784 bits per heavy atom. The van der Waals surface area contributed by atoms with Gasteiger partial charge in [0.2, 0.25) is 0 Å². The molecule has 0 heterocycles. The molecule has 0 radical (unpaired) electrons. The van der Waals surface area contributed by atoms with Gasteiger partial charge in [0.25, 0.3) is 0 Å². The van der Waals surface area contributed by atoms with Gasteiger partial charge in [0.15, 0.2) is 0 Å². The molecule has 37 heavy (non-hydrogen) atoms. The molecule has 0 aliphatic heterocycles. The predicted octanol–water partition coefficient (Wildman–Crippen LogP) is 8.21. The number of aryl methyl sites for hydroxylation is 1. The molecule has 3 saturated carbocycles. The first-order valence-electron chi connectivity index (χ1n) is 15.2. The van der Waals surface area contributed by atoms with Gasteiger partial charge in [-0.05, 0) is 114 Å². The highest BCUT2D eigenvalue weighted by molar-refractivity contribution is 5.72. The van der Waals surface area contributed by atoms with E-state index in [0.29, 0.717) is 6.10 Å². The first-order valence-corrected chi connectivity index (χ1v) is 15.2. The minimum absolute atomic E-state index is 0.0594. The smallest absolute Gasteiger partial charge is 0.309 e. The number of benzene rings is 1. The molecule has 206 valence electrons. The van der Waals surface area contributed by atoms with Crippen LogP contribution >= 0.6 is 0 Å². The van der Waals surface area contributed by atoms with E-state index >= 15 is 0 Å². The van der Waals surface area contributed by atoms with Crippen LogP contribution in [-0.2, 0) is 14.3 Å². The second-order valence-electron chi connectivity index (χ2n) is 12.0. The maximum atomic E-state index is 12.6. The van der Waals surface area contributed by atoms with E-state index in [1.54, 1.807) is 0 Å². The molecule has 3 fully saturated rings. The first kappa shape index (κ1) is 28.3. The van der Waals surface area contributed by atoms with Crippen molar-refractivity contribution < 1.29 is 19.0 Å². The van der Waals surface area contributed by atoms with Crippen molar-refractivity contribution in [1.29, 1.82) is 0 Å². The van der Waals surface area contributed by atoms with E-state index in [0.717, 1.165) is 82.2 Å². The summed E-state index contributed by atoms with van der Waals surface area (Å²) in [6, 6.07) is 8.30. The van der Waals surface area contributed by atoms with E-state index in [1.807, 2.05) is 0 Å².